The molecule has 1 aromatic carbocycles. The molecule has 2 aromatic rings. The molecule has 0 aliphatic carbocycles. The van der Waals surface area contributed by atoms with E-state index in [1.54, 1.807) is 16.7 Å². The molecule has 6 nitrogen and oxygen atoms in total. The van der Waals surface area contributed by atoms with Crippen molar-refractivity contribution < 1.29 is 0 Å². The van der Waals surface area contributed by atoms with Crippen LogP contribution in [0.15, 0.2) is 58.4 Å². The molecule has 0 saturated carbocycles. The number of likely N-dealkylation sites (tertiary alicyclic amines) is 1. The molecule has 1 fully saturated rings. The molecule has 2 heterocycles. The van der Waals surface area contributed by atoms with E-state index in [2.05, 4.69) is 53.6 Å². The first-order valence-electron chi connectivity index (χ1n) is 11.2. The molecule has 162 valence electrons. The third kappa shape index (κ3) is 6.73. The van der Waals surface area contributed by atoms with Gasteiger partial charge in [0.15, 0.2) is 5.96 Å². The Kier molecular flexibility index (Phi) is 8.51. The highest BCUT2D eigenvalue weighted by Crippen LogP contribution is 2.11. The maximum atomic E-state index is 11.9. The number of pyridine rings is 1. The predicted octanol–water partition coefficient (Wildman–Crippen LogP) is 2.83. The van der Waals surface area contributed by atoms with Crippen LogP contribution in [0.25, 0.3) is 0 Å². The Morgan fingerprint density at radius 2 is 1.80 bits per heavy atom. The predicted molar refractivity (Wildman–Crippen MR) is 124 cm³/mol. The van der Waals surface area contributed by atoms with Crippen LogP contribution in [-0.4, -0.2) is 47.6 Å². The van der Waals surface area contributed by atoms with E-state index in [-0.39, 0.29) is 5.56 Å². The van der Waals surface area contributed by atoms with Crippen LogP contribution in [-0.2, 0) is 13.1 Å². The molecule has 0 atom stereocenters. The van der Waals surface area contributed by atoms with Crippen LogP contribution in [0.2, 0.25) is 0 Å². The summed E-state index contributed by atoms with van der Waals surface area (Å²) in [6.45, 7) is 9.95. The van der Waals surface area contributed by atoms with E-state index in [1.807, 2.05) is 12.3 Å². The lowest BCUT2D eigenvalue weighted by atomic mass is 10.1. The van der Waals surface area contributed by atoms with Crippen molar-refractivity contribution in [3.8, 4) is 0 Å². The fraction of sp³-hybridized carbons (Fsp3) is 0.500. The molecular formula is C24H35N5O. The largest absolute Gasteiger partial charge is 0.357 e. The van der Waals surface area contributed by atoms with Crippen molar-refractivity contribution in [2.45, 2.75) is 52.2 Å². The zero-order valence-electron chi connectivity index (χ0n) is 18.3. The van der Waals surface area contributed by atoms with Crippen LogP contribution < -0.4 is 16.2 Å². The van der Waals surface area contributed by atoms with E-state index >= 15 is 0 Å². The molecule has 1 aromatic heterocycles. The minimum atomic E-state index is 0.0214. The quantitative estimate of drug-likeness (QED) is 0.520. The zero-order valence-corrected chi connectivity index (χ0v) is 18.3. The Labute approximate surface area is 180 Å². The van der Waals surface area contributed by atoms with Gasteiger partial charge in [-0.25, -0.2) is 4.99 Å². The minimum absolute atomic E-state index is 0.0214. The van der Waals surface area contributed by atoms with Gasteiger partial charge in [0, 0.05) is 37.9 Å². The molecule has 30 heavy (non-hydrogen) atoms. The van der Waals surface area contributed by atoms with Gasteiger partial charge in [-0.05, 0) is 49.9 Å². The summed E-state index contributed by atoms with van der Waals surface area (Å²) in [5.74, 6) is 0.895. The molecular weight excluding hydrogens is 374 g/mol. The second kappa shape index (κ2) is 11.6. The lowest BCUT2D eigenvalue weighted by molar-refractivity contribution is 0.206. The highest BCUT2D eigenvalue weighted by molar-refractivity contribution is 5.80. The highest BCUT2D eigenvalue weighted by atomic mass is 16.1. The summed E-state index contributed by atoms with van der Waals surface area (Å²) in [7, 11) is 0. The first-order valence-corrected chi connectivity index (χ1v) is 11.2. The summed E-state index contributed by atoms with van der Waals surface area (Å²) in [6, 6.07) is 14.1. The Bertz CT molecular complexity index is 850. The topological polar surface area (TPSA) is 61.7 Å². The monoisotopic (exact) mass is 409 g/mol. The average Bonchev–Trinajstić information content (AvgIpc) is 2.76. The highest BCUT2D eigenvalue weighted by Gasteiger charge is 2.19. The fourth-order valence-corrected chi connectivity index (χ4v) is 3.84. The van der Waals surface area contributed by atoms with Gasteiger partial charge < -0.3 is 20.1 Å². The summed E-state index contributed by atoms with van der Waals surface area (Å²) in [4.78, 5) is 19.2. The Hall–Kier alpha value is -2.60. The summed E-state index contributed by atoms with van der Waals surface area (Å²) >= 11 is 0. The number of benzene rings is 1. The van der Waals surface area contributed by atoms with Gasteiger partial charge in [0.05, 0.1) is 13.1 Å². The fourth-order valence-electron chi connectivity index (χ4n) is 3.84. The van der Waals surface area contributed by atoms with Gasteiger partial charge in [0.2, 0.25) is 0 Å². The first-order chi connectivity index (χ1) is 14.7. The lowest BCUT2D eigenvalue weighted by Gasteiger charge is -2.32. The molecule has 3 rings (SSSR count). The number of aromatic nitrogens is 1. The molecule has 1 aliphatic heterocycles. The molecule has 6 heteroatoms. The van der Waals surface area contributed by atoms with E-state index in [0.29, 0.717) is 19.1 Å². The number of guanidine groups is 1. The molecule has 0 unspecified atom stereocenters. The van der Waals surface area contributed by atoms with Crippen molar-refractivity contribution in [1.82, 2.24) is 20.1 Å². The van der Waals surface area contributed by atoms with Gasteiger partial charge in [-0.2, -0.15) is 0 Å². The minimum Gasteiger partial charge on any atom is -0.357 e. The summed E-state index contributed by atoms with van der Waals surface area (Å²) in [5.41, 5.74) is 2.29. The number of nitrogens with zero attached hydrogens (tertiary/aromatic N) is 3. The maximum Gasteiger partial charge on any atom is 0.250 e. The second-order valence-electron chi connectivity index (χ2n) is 7.94. The lowest BCUT2D eigenvalue weighted by Crippen LogP contribution is -2.48. The van der Waals surface area contributed by atoms with Crippen LogP contribution in [0.3, 0.4) is 0 Å². The molecule has 0 bridgehead atoms. The SMILES string of the molecule is CCCN1CCC(NC(=NCc2ccc(Cn3ccccc3=O)cc2)NCC)CC1. The standard InChI is InChI=1S/C24H35N5O/c1-3-14-28-16-12-22(13-17-28)27-24(25-4-2)26-18-20-8-10-21(11-9-20)19-29-15-6-5-7-23(29)30/h5-11,15,22H,3-4,12-14,16-19H2,1-2H3,(H2,25,26,27). The number of aliphatic imine (C=N–C) groups is 1. The van der Waals surface area contributed by atoms with Crippen LogP contribution in [0.4, 0.5) is 0 Å². The molecule has 0 amide bonds. The smallest absolute Gasteiger partial charge is 0.250 e. The Balaban J connectivity index is 1.54. The number of nitrogens with one attached hydrogen (secondary N) is 2. The number of rotatable bonds is 8. The average molecular weight is 410 g/mol. The molecule has 0 spiro atoms. The van der Waals surface area contributed by atoms with Crippen molar-refractivity contribution in [3.05, 3.63) is 70.1 Å². The van der Waals surface area contributed by atoms with Crippen LogP contribution in [0, 0.1) is 0 Å². The molecule has 2 N–H and O–H groups in total. The normalized spacial score (nSPS) is 15.9. The van der Waals surface area contributed by atoms with Gasteiger partial charge in [0.1, 0.15) is 0 Å². The van der Waals surface area contributed by atoms with Gasteiger partial charge in [0.25, 0.3) is 5.56 Å². The van der Waals surface area contributed by atoms with E-state index in [9.17, 15) is 4.79 Å². The maximum absolute atomic E-state index is 11.9. The van der Waals surface area contributed by atoms with Crippen LogP contribution in [0.1, 0.15) is 44.2 Å². The molecule has 1 aliphatic rings. The number of hydrogen-bond donors (Lipinski definition) is 2. The summed E-state index contributed by atoms with van der Waals surface area (Å²) < 4.78 is 1.71. The third-order valence-electron chi connectivity index (χ3n) is 5.51. The van der Waals surface area contributed by atoms with Gasteiger partial charge >= 0.3 is 0 Å². The van der Waals surface area contributed by atoms with E-state index in [1.165, 1.54) is 13.0 Å². The second-order valence-corrected chi connectivity index (χ2v) is 7.94. The zero-order chi connectivity index (χ0) is 21.2. The van der Waals surface area contributed by atoms with E-state index < -0.39 is 0 Å². The Morgan fingerprint density at radius 3 is 2.47 bits per heavy atom. The van der Waals surface area contributed by atoms with Crippen molar-refractivity contribution in [2.75, 3.05) is 26.2 Å². The summed E-state index contributed by atoms with van der Waals surface area (Å²) in [6.07, 6.45) is 5.38. The van der Waals surface area contributed by atoms with E-state index in [4.69, 9.17) is 4.99 Å². The Morgan fingerprint density at radius 1 is 1.07 bits per heavy atom. The van der Waals surface area contributed by atoms with E-state index in [0.717, 1.165) is 49.6 Å². The van der Waals surface area contributed by atoms with Crippen molar-refractivity contribution >= 4 is 5.96 Å². The van der Waals surface area contributed by atoms with Crippen LogP contribution >= 0.6 is 0 Å². The van der Waals surface area contributed by atoms with Gasteiger partial charge in [-0.15, -0.1) is 0 Å². The van der Waals surface area contributed by atoms with Crippen molar-refractivity contribution in [1.29, 1.82) is 0 Å². The third-order valence-corrected chi connectivity index (χ3v) is 5.51. The van der Waals surface area contributed by atoms with Crippen LogP contribution in [0.5, 0.6) is 0 Å². The van der Waals surface area contributed by atoms with Gasteiger partial charge in [-0.1, -0.05) is 37.3 Å². The molecule has 0 radical (unpaired) electrons. The first kappa shape index (κ1) is 22.1. The number of hydrogen-bond acceptors (Lipinski definition) is 3. The van der Waals surface area contributed by atoms with Crippen molar-refractivity contribution in [2.24, 2.45) is 4.99 Å². The number of piperidine rings is 1. The van der Waals surface area contributed by atoms with Crippen molar-refractivity contribution in [3.63, 3.8) is 0 Å². The van der Waals surface area contributed by atoms with Gasteiger partial charge in [-0.3, -0.25) is 4.79 Å². The molecule has 1 saturated heterocycles. The summed E-state index contributed by atoms with van der Waals surface area (Å²) in [5, 5.41) is 6.99.